The van der Waals surface area contributed by atoms with Crippen molar-refractivity contribution in [2.45, 2.75) is 38.8 Å². The van der Waals surface area contributed by atoms with Crippen LogP contribution in [-0.2, 0) is 16.0 Å². The zero-order valence-corrected chi connectivity index (χ0v) is 11.4. The van der Waals surface area contributed by atoms with E-state index >= 15 is 0 Å². The van der Waals surface area contributed by atoms with Crippen LogP contribution in [0.25, 0.3) is 0 Å². The van der Waals surface area contributed by atoms with E-state index in [-0.39, 0.29) is 11.9 Å². The third kappa shape index (κ3) is 3.28. The van der Waals surface area contributed by atoms with E-state index in [1.54, 1.807) is 0 Å². The molecule has 1 aliphatic rings. The topological polar surface area (TPSA) is 71.5 Å². The van der Waals surface area contributed by atoms with Crippen LogP contribution < -0.4 is 5.32 Å². The molecule has 0 bridgehead atoms. The van der Waals surface area contributed by atoms with E-state index in [1.807, 2.05) is 13.8 Å². The van der Waals surface area contributed by atoms with Crippen molar-refractivity contribution < 1.29 is 14.6 Å². The number of nitrogens with one attached hydrogen (secondary N) is 1. The predicted molar refractivity (Wildman–Crippen MR) is 68.7 cm³/mol. The van der Waals surface area contributed by atoms with E-state index < -0.39 is 6.10 Å². The molecule has 2 N–H and O–H groups in total. The highest BCUT2D eigenvalue weighted by Crippen LogP contribution is 2.17. The van der Waals surface area contributed by atoms with Crippen molar-refractivity contribution in [3.05, 3.63) is 15.6 Å². The second kappa shape index (κ2) is 5.77. The van der Waals surface area contributed by atoms with Crippen molar-refractivity contribution in [1.29, 1.82) is 0 Å². The molecule has 1 aromatic heterocycles. The SMILES string of the molecule is Cc1nc(C)c(CC(=O)N[C@@H]2COCC[C@H]2O)s1. The summed E-state index contributed by atoms with van der Waals surface area (Å²) in [5.74, 6) is -0.0868. The Morgan fingerprint density at radius 2 is 2.39 bits per heavy atom. The second-order valence-corrected chi connectivity index (χ2v) is 5.81. The molecule has 100 valence electrons. The van der Waals surface area contributed by atoms with Crippen LogP contribution in [0.2, 0.25) is 0 Å². The van der Waals surface area contributed by atoms with E-state index in [4.69, 9.17) is 4.74 Å². The quantitative estimate of drug-likeness (QED) is 0.842. The maximum Gasteiger partial charge on any atom is 0.225 e. The van der Waals surface area contributed by atoms with Crippen LogP contribution in [0.5, 0.6) is 0 Å². The minimum atomic E-state index is -0.507. The molecule has 0 unspecified atom stereocenters. The molecule has 18 heavy (non-hydrogen) atoms. The molecule has 1 fully saturated rings. The zero-order valence-electron chi connectivity index (χ0n) is 10.6. The summed E-state index contributed by atoms with van der Waals surface area (Å²) in [6.45, 7) is 4.77. The van der Waals surface area contributed by atoms with Gasteiger partial charge in [-0.05, 0) is 20.3 Å². The Bertz CT molecular complexity index is 433. The molecule has 1 saturated heterocycles. The van der Waals surface area contributed by atoms with Gasteiger partial charge in [0.1, 0.15) is 0 Å². The number of carbonyl (C=O) groups is 1. The van der Waals surface area contributed by atoms with Gasteiger partial charge in [0.25, 0.3) is 0 Å². The summed E-state index contributed by atoms with van der Waals surface area (Å²) in [7, 11) is 0. The van der Waals surface area contributed by atoms with E-state index in [9.17, 15) is 9.90 Å². The summed E-state index contributed by atoms with van der Waals surface area (Å²) < 4.78 is 5.25. The monoisotopic (exact) mass is 270 g/mol. The number of nitrogens with zero attached hydrogens (tertiary/aromatic N) is 1. The van der Waals surface area contributed by atoms with Crippen LogP contribution in [0.15, 0.2) is 0 Å². The highest BCUT2D eigenvalue weighted by molar-refractivity contribution is 7.11. The molecule has 0 radical (unpaired) electrons. The number of aryl methyl sites for hydroxylation is 2. The lowest BCUT2D eigenvalue weighted by atomic mass is 10.1. The fraction of sp³-hybridized carbons (Fsp3) is 0.667. The van der Waals surface area contributed by atoms with E-state index in [0.29, 0.717) is 26.1 Å². The maximum absolute atomic E-state index is 11.9. The Morgan fingerprint density at radius 3 is 3.00 bits per heavy atom. The van der Waals surface area contributed by atoms with Gasteiger partial charge in [-0.2, -0.15) is 0 Å². The third-order valence-electron chi connectivity index (χ3n) is 2.99. The molecule has 0 saturated carbocycles. The van der Waals surface area contributed by atoms with Gasteiger partial charge in [-0.25, -0.2) is 4.98 Å². The molecular formula is C12H18N2O3S. The first kappa shape index (κ1) is 13.5. The van der Waals surface area contributed by atoms with Gasteiger partial charge in [0, 0.05) is 11.5 Å². The number of hydrogen-bond donors (Lipinski definition) is 2. The zero-order chi connectivity index (χ0) is 13.1. The summed E-state index contributed by atoms with van der Waals surface area (Å²) in [5, 5.41) is 13.5. The van der Waals surface area contributed by atoms with Gasteiger partial charge in [0.2, 0.25) is 5.91 Å². The van der Waals surface area contributed by atoms with Crippen LogP contribution in [-0.4, -0.2) is 41.4 Å². The number of aliphatic hydroxyl groups excluding tert-OH is 1. The Labute approximate surface area is 110 Å². The van der Waals surface area contributed by atoms with Crippen molar-refractivity contribution >= 4 is 17.2 Å². The summed E-state index contributed by atoms with van der Waals surface area (Å²) in [5.41, 5.74) is 0.910. The number of rotatable bonds is 3. The first-order valence-electron chi connectivity index (χ1n) is 6.04. The summed E-state index contributed by atoms with van der Waals surface area (Å²) in [6.07, 6.45) is 0.386. The van der Waals surface area contributed by atoms with Crippen LogP contribution in [0.1, 0.15) is 22.0 Å². The molecule has 0 aromatic carbocycles. The van der Waals surface area contributed by atoms with Crippen molar-refractivity contribution in [3.63, 3.8) is 0 Å². The van der Waals surface area contributed by atoms with Crippen molar-refractivity contribution in [2.24, 2.45) is 0 Å². The summed E-state index contributed by atoms with van der Waals surface area (Å²) in [4.78, 5) is 17.2. The van der Waals surface area contributed by atoms with Gasteiger partial charge < -0.3 is 15.2 Å². The highest BCUT2D eigenvalue weighted by atomic mass is 32.1. The van der Waals surface area contributed by atoms with Gasteiger partial charge in [-0.15, -0.1) is 11.3 Å². The van der Waals surface area contributed by atoms with Crippen LogP contribution in [0.3, 0.4) is 0 Å². The molecule has 1 aromatic rings. The molecule has 1 aliphatic heterocycles. The Hall–Kier alpha value is -0.980. The smallest absolute Gasteiger partial charge is 0.225 e. The number of carbonyl (C=O) groups excluding carboxylic acids is 1. The Kier molecular flexibility index (Phi) is 4.31. The predicted octanol–water partition coefficient (Wildman–Crippen LogP) is 0.568. The molecule has 2 atom stereocenters. The normalized spacial score (nSPS) is 23.9. The Balaban J connectivity index is 1.90. The van der Waals surface area contributed by atoms with Gasteiger partial charge >= 0.3 is 0 Å². The number of amides is 1. The number of aliphatic hydroxyl groups is 1. The largest absolute Gasteiger partial charge is 0.391 e. The number of aromatic nitrogens is 1. The van der Waals surface area contributed by atoms with E-state index in [2.05, 4.69) is 10.3 Å². The lowest BCUT2D eigenvalue weighted by Gasteiger charge is -2.28. The van der Waals surface area contributed by atoms with Crippen molar-refractivity contribution in [3.8, 4) is 0 Å². The average molecular weight is 270 g/mol. The standard InChI is InChI=1S/C12H18N2O3S/c1-7-11(18-8(2)13-7)5-12(16)14-9-6-17-4-3-10(9)15/h9-10,15H,3-6H2,1-2H3,(H,14,16)/t9-,10-/m1/s1. The lowest BCUT2D eigenvalue weighted by Crippen LogP contribution is -2.49. The molecule has 6 heteroatoms. The fourth-order valence-electron chi connectivity index (χ4n) is 2.01. The maximum atomic E-state index is 11.9. The molecule has 0 spiro atoms. The molecule has 5 nitrogen and oxygen atoms in total. The van der Waals surface area contributed by atoms with Crippen molar-refractivity contribution in [1.82, 2.24) is 10.3 Å². The minimum absolute atomic E-state index is 0.0868. The second-order valence-electron chi connectivity index (χ2n) is 4.52. The first-order valence-corrected chi connectivity index (χ1v) is 6.86. The van der Waals surface area contributed by atoms with E-state index in [0.717, 1.165) is 15.6 Å². The van der Waals surface area contributed by atoms with Gasteiger partial charge in [0.15, 0.2) is 0 Å². The van der Waals surface area contributed by atoms with Gasteiger partial charge in [-0.3, -0.25) is 4.79 Å². The van der Waals surface area contributed by atoms with Crippen molar-refractivity contribution in [2.75, 3.05) is 13.2 Å². The molecule has 2 rings (SSSR count). The molecule has 2 heterocycles. The lowest BCUT2D eigenvalue weighted by molar-refractivity contribution is -0.124. The number of thiazole rings is 1. The third-order valence-corrected chi connectivity index (χ3v) is 4.06. The van der Waals surface area contributed by atoms with E-state index in [1.165, 1.54) is 11.3 Å². The Morgan fingerprint density at radius 1 is 1.61 bits per heavy atom. The summed E-state index contributed by atoms with van der Waals surface area (Å²) in [6, 6.07) is -0.291. The van der Waals surface area contributed by atoms with Gasteiger partial charge in [-0.1, -0.05) is 0 Å². The van der Waals surface area contributed by atoms with Gasteiger partial charge in [0.05, 0.1) is 35.9 Å². The fourth-order valence-corrected chi connectivity index (χ4v) is 2.94. The average Bonchev–Trinajstić information content (AvgIpc) is 2.61. The number of hydrogen-bond acceptors (Lipinski definition) is 5. The highest BCUT2D eigenvalue weighted by Gasteiger charge is 2.25. The van der Waals surface area contributed by atoms with Crippen LogP contribution >= 0.6 is 11.3 Å². The number of ether oxygens (including phenoxy) is 1. The molecule has 1 amide bonds. The minimum Gasteiger partial charge on any atom is -0.391 e. The molecular weight excluding hydrogens is 252 g/mol. The summed E-state index contributed by atoms with van der Waals surface area (Å²) >= 11 is 1.54. The molecule has 0 aliphatic carbocycles. The first-order chi connectivity index (χ1) is 8.56. The van der Waals surface area contributed by atoms with Crippen LogP contribution in [0, 0.1) is 13.8 Å². The van der Waals surface area contributed by atoms with Crippen LogP contribution in [0.4, 0.5) is 0 Å².